The molecule has 20 heavy (non-hydrogen) atoms. The minimum Gasteiger partial charge on any atom is -0.371 e. The molecular weight excluding hydrogens is 405 g/mol. The van der Waals surface area contributed by atoms with Crippen LogP contribution in [0.3, 0.4) is 0 Å². The van der Waals surface area contributed by atoms with Gasteiger partial charge < -0.3 is 9.64 Å². The van der Waals surface area contributed by atoms with Crippen molar-refractivity contribution in [2.75, 3.05) is 23.3 Å². The van der Waals surface area contributed by atoms with Gasteiger partial charge in [0.25, 0.3) is 0 Å². The van der Waals surface area contributed by atoms with Crippen LogP contribution in [0.4, 0.5) is 19.0 Å². The number of ether oxygens (including phenoxy) is 1. The standard InChI is InChI=1S/C12H13Br2F3N2O/c1-7-5-19(6-9(3-13)20-7)11-10(12(15,16)17)2-8(14)4-18-11/h2,4,7,9H,3,5-6H2,1H3. The average Bonchev–Trinajstić information content (AvgIpc) is 2.36. The van der Waals surface area contributed by atoms with Crippen molar-refractivity contribution in [2.24, 2.45) is 0 Å². The molecule has 1 fully saturated rings. The SMILES string of the molecule is CC1CN(c2ncc(Br)cc2C(F)(F)F)CC(CBr)O1. The Morgan fingerprint density at radius 3 is 2.75 bits per heavy atom. The molecule has 1 aromatic rings. The molecule has 0 N–H and O–H groups in total. The zero-order valence-corrected chi connectivity index (χ0v) is 13.8. The second-order valence-electron chi connectivity index (χ2n) is 4.65. The van der Waals surface area contributed by atoms with E-state index in [9.17, 15) is 13.2 Å². The van der Waals surface area contributed by atoms with Crippen molar-refractivity contribution in [2.45, 2.75) is 25.3 Å². The summed E-state index contributed by atoms with van der Waals surface area (Å²) in [7, 11) is 0. The lowest BCUT2D eigenvalue weighted by molar-refractivity contribution is -0.137. The van der Waals surface area contributed by atoms with Gasteiger partial charge >= 0.3 is 6.18 Å². The van der Waals surface area contributed by atoms with Gasteiger partial charge in [-0.3, -0.25) is 0 Å². The summed E-state index contributed by atoms with van der Waals surface area (Å²) in [4.78, 5) is 5.59. The first-order valence-corrected chi connectivity index (χ1v) is 7.92. The maximum atomic E-state index is 13.1. The number of hydrogen-bond acceptors (Lipinski definition) is 3. The Morgan fingerprint density at radius 1 is 1.45 bits per heavy atom. The summed E-state index contributed by atoms with van der Waals surface area (Å²) >= 11 is 6.34. The third-order valence-corrected chi connectivity index (χ3v) is 4.09. The highest BCUT2D eigenvalue weighted by atomic mass is 79.9. The summed E-state index contributed by atoms with van der Waals surface area (Å²) in [6.07, 6.45) is -3.34. The molecular formula is C12H13Br2F3N2O. The highest BCUT2D eigenvalue weighted by molar-refractivity contribution is 9.10. The summed E-state index contributed by atoms with van der Waals surface area (Å²) in [5.74, 6) is -0.0400. The minimum atomic E-state index is -4.43. The van der Waals surface area contributed by atoms with E-state index in [0.717, 1.165) is 6.07 Å². The predicted molar refractivity (Wildman–Crippen MR) is 77.3 cm³/mol. The van der Waals surface area contributed by atoms with Crippen LogP contribution in [-0.4, -0.2) is 35.6 Å². The highest BCUT2D eigenvalue weighted by Crippen LogP contribution is 2.37. The Labute approximate surface area is 131 Å². The van der Waals surface area contributed by atoms with E-state index in [0.29, 0.717) is 22.9 Å². The molecule has 0 radical (unpaired) electrons. The number of aromatic nitrogens is 1. The molecule has 2 unspecified atom stereocenters. The van der Waals surface area contributed by atoms with Crippen LogP contribution >= 0.6 is 31.9 Å². The van der Waals surface area contributed by atoms with Crippen molar-refractivity contribution in [3.8, 4) is 0 Å². The number of morpholine rings is 1. The van der Waals surface area contributed by atoms with E-state index >= 15 is 0 Å². The Morgan fingerprint density at radius 2 is 2.15 bits per heavy atom. The number of anilines is 1. The van der Waals surface area contributed by atoms with Crippen LogP contribution < -0.4 is 4.90 Å². The van der Waals surface area contributed by atoms with Gasteiger partial charge in [0.2, 0.25) is 0 Å². The van der Waals surface area contributed by atoms with Crippen molar-refractivity contribution in [3.63, 3.8) is 0 Å². The lowest BCUT2D eigenvalue weighted by Crippen LogP contribution is -2.48. The molecule has 0 saturated carbocycles. The second-order valence-corrected chi connectivity index (χ2v) is 6.21. The summed E-state index contributed by atoms with van der Waals surface area (Å²) in [5, 5.41) is 0.575. The van der Waals surface area contributed by atoms with E-state index in [2.05, 4.69) is 36.8 Å². The number of hydrogen-bond donors (Lipinski definition) is 0. The molecule has 2 rings (SSSR count). The third-order valence-electron chi connectivity index (χ3n) is 2.94. The molecule has 0 bridgehead atoms. The van der Waals surface area contributed by atoms with Crippen LogP contribution in [0.15, 0.2) is 16.7 Å². The van der Waals surface area contributed by atoms with Crippen LogP contribution in [0.5, 0.6) is 0 Å². The van der Waals surface area contributed by atoms with E-state index in [1.54, 1.807) is 4.90 Å². The fourth-order valence-electron chi connectivity index (χ4n) is 2.20. The average molecular weight is 418 g/mol. The fraction of sp³-hybridized carbons (Fsp3) is 0.583. The van der Waals surface area contributed by atoms with E-state index in [1.807, 2.05) is 6.92 Å². The Balaban J connectivity index is 2.36. The number of pyridine rings is 1. The molecule has 0 aromatic carbocycles. The molecule has 0 amide bonds. The molecule has 0 aliphatic carbocycles. The van der Waals surface area contributed by atoms with Crippen molar-refractivity contribution in [3.05, 3.63) is 22.3 Å². The monoisotopic (exact) mass is 416 g/mol. The first-order valence-electron chi connectivity index (χ1n) is 6.00. The summed E-state index contributed by atoms with van der Waals surface area (Å²) < 4.78 is 45.3. The first kappa shape index (κ1) is 16.0. The molecule has 2 heterocycles. The van der Waals surface area contributed by atoms with Gasteiger partial charge in [0.1, 0.15) is 5.82 Å². The number of halogens is 5. The van der Waals surface area contributed by atoms with Crippen LogP contribution in [0.2, 0.25) is 0 Å². The van der Waals surface area contributed by atoms with Crippen LogP contribution in [-0.2, 0) is 10.9 Å². The first-order chi connectivity index (χ1) is 9.31. The Hall–Kier alpha value is -0.340. The van der Waals surface area contributed by atoms with E-state index in [-0.39, 0.29) is 18.0 Å². The molecule has 1 saturated heterocycles. The van der Waals surface area contributed by atoms with Gasteiger partial charge in [-0.25, -0.2) is 4.98 Å². The normalized spacial score (nSPS) is 24.0. The maximum absolute atomic E-state index is 13.1. The summed E-state index contributed by atoms with van der Waals surface area (Å²) in [6, 6.07) is 1.06. The molecule has 2 atom stereocenters. The van der Waals surface area contributed by atoms with Gasteiger partial charge in [0.05, 0.1) is 17.8 Å². The van der Waals surface area contributed by atoms with Gasteiger partial charge in [0.15, 0.2) is 0 Å². The van der Waals surface area contributed by atoms with Gasteiger partial charge in [0, 0.05) is 29.1 Å². The molecule has 112 valence electrons. The molecule has 1 aliphatic rings. The van der Waals surface area contributed by atoms with Crippen LogP contribution in [0, 0.1) is 0 Å². The van der Waals surface area contributed by atoms with Gasteiger partial charge in [-0.15, -0.1) is 0 Å². The maximum Gasteiger partial charge on any atom is 0.419 e. The third kappa shape index (κ3) is 3.65. The topological polar surface area (TPSA) is 25.4 Å². The van der Waals surface area contributed by atoms with E-state index in [1.165, 1.54) is 6.20 Å². The molecule has 8 heteroatoms. The van der Waals surface area contributed by atoms with Crippen molar-refractivity contribution < 1.29 is 17.9 Å². The summed E-state index contributed by atoms with van der Waals surface area (Å²) in [6.45, 7) is 2.61. The molecule has 1 aromatic heterocycles. The number of rotatable bonds is 2. The fourth-order valence-corrected chi connectivity index (χ4v) is 2.88. The highest BCUT2D eigenvalue weighted by Gasteiger charge is 2.38. The molecule has 0 spiro atoms. The number of alkyl halides is 4. The minimum absolute atomic E-state index is 0.0400. The van der Waals surface area contributed by atoms with Crippen molar-refractivity contribution >= 4 is 37.7 Å². The second kappa shape index (κ2) is 6.19. The van der Waals surface area contributed by atoms with E-state index in [4.69, 9.17) is 4.74 Å². The van der Waals surface area contributed by atoms with Crippen molar-refractivity contribution in [1.29, 1.82) is 0 Å². The molecule has 3 nitrogen and oxygen atoms in total. The Bertz CT molecular complexity index is 484. The van der Waals surface area contributed by atoms with Gasteiger partial charge in [-0.2, -0.15) is 13.2 Å². The van der Waals surface area contributed by atoms with Gasteiger partial charge in [-0.05, 0) is 28.9 Å². The zero-order chi connectivity index (χ0) is 14.9. The lowest BCUT2D eigenvalue weighted by Gasteiger charge is -2.37. The largest absolute Gasteiger partial charge is 0.419 e. The van der Waals surface area contributed by atoms with Gasteiger partial charge in [-0.1, -0.05) is 15.9 Å². The Kier molecular flexibility index (Phi) is 4.96. The predicted octanol–water partition coefficient (Wildman–Crippen LogP) is 3.85. The van der Waals surface area contributed by atoms with Crippen molar-refractivity contribution in [1.82, 2.24) is 4.98 Å². The summed E-state index contributed by atoms with van der Waals surface area (Å²) in [5.41, 5.74) is -0.728. The van der Waals surface area contributed by atoms with E-state index < -0.39 is 11.7 Å². The molecule has 1 aliphatic heterocycles. The quantitative estimate of drug-likeness (QED) is 0.683. The van der Waals surface area contributed by atoms with Crippen LogP contribution in [0.25, 0.3) is 0 Å². The zero-order valence-electron chi connectivity index (χ0n) is 10.6. The smallest absolute Gasteiger partial charge is 0.371 e. The van der Waals surface area contributed by atoms with Crippen LogP contribution in [0.1, 0.15) is 12.5 Å². The number of nitrogens with zero attached hydrogens (tertiary/aromatic N) is 2. The lowest BCUT2D eigenvalue weighted by atomic mass is 10.2.